The van der Waals surface area contributed by atoms with Crippen LogP contribution >= 0.6 is 22.6 Å². The fourth-order valence-electron chi connectivity index (χ4n) is 6.14. The molecule has 5 aliphatic rings. The largest absolute Gasteiger partial charge is 0.463 e. The molecule has 0 aromatic carbocycles. The van der Waals surface area contributed by atoms with E-state index in [1.54, 1.807) is 0 Å². The molecule has 3 saturated carbocycles. The Kier molecular flexibility index (Phi) is 4.64. The Labute approximate surface area is 182 Å². The van der Waals surface area contributed by atoms with Crippen molar-refractivity contribution < 1.29 is 19.2 Å². The molecule has 2 saturated heterocycles. The molecule has 3 heterocycles. The second kappa shape index (κ2) is 6.65. The Balaban J connectivity index is 1.39. The number of H-pyrrole nitrogens is 1. The zero-order valence-electron chi connectivity index (χ0n) is 16.8. The number of ether oxygens (including phenoxy) is 1. The summed E-state index contributed by atoms with van der Waals surface area (Å²) in [5.41, 5.74) is -1.00. The van der Waals surface area contributed by atoms with Gasteiger partial charge in [-0.1, -0.05) is 13.8 Å². The maximum atomic E-state index is 12.3. The van der Waals surface area contributed by atoms with Gasteiger partial charge in [-0.15, -0.1) is 0 Å². The Morgan fingerprint density at radius 1 is 1.31 bits per heavy atom. The molecule has 5 fully saturated rings. The molecule has 2 bridgehead atoms. The summed E-state index contributed by atoms with van der Waals surface area (Å²) >= 11 is 1.89. The van der Waals surface area contributed by atoms with Crippen molar-refractivity contribution in [2.45, 2.75) is 69.9 Å². The number of aliphatic hydroxyl groups excluding tert-OH is 1. The van der Waals surface area contributed by atoms with Crippen molar-refractivity contribution in [1.82, 2.24) is 9.55 Å². The van der Waals surface area contributed by atoms with Gasteiger partial charge in [0.15, 0.2) is 0 Å². The first-order valence-corrected chi connectivity index (χ1v) is 11.3. The van der Waals surface area contributed by atoms with E-state index < -0.39 is 30.7 Å². The molecule has 8 nitrogen and oxygen atoms in total. The highest BCUT2D eigenvalue weighted by molar-refractivity contribution is 14.1. The molecule has 6 rings (SSSR count). The zero-order chi connectivity index (χ0) is 20.7. The minimum absolute atomic E-state index is 0.0550. The summed E-state index contributed by atoms with van der Waals surface area (Å²) in [6.07, 6.45) is 3.12. The van der Waals surface area contributed by atoms with Crippen molar-refractivity contribution in [2.24, 2.45) is 17.3 Å². The zero-order valence-corrected chi connectivity index (χ0v) is 18.9. The van der Waals surface area contributed by atoms with E-state index >= 15 is 0 Å². The molecule has 7 atom stereocenters. The minimum Gasteiger partial charge on any atom is -0.405 e. The summed E-state index contributed by atoms with van der Waals surface area (Å²) in [4.78, 5) is 26.3. The first-order chi connectivity index (χ1) is 13.6. The molecular formula is C19H26BIN2O6. The molecule has 158 valence electrons. The van der Waals surface area contributed by atoms with Gasteiger partial charge in [-0.2, -0.15) is 0 Å². The van der Waals surface area contributed by atoms with Crippen LogP contribution in [0.2, 0.25) is 5.82 Å². The SMILES string of the molecule is CC1(C)[C@@H]2C[C@H]3OB([C@H]4C[C@@H](n5cc(I)c(=O)[nH]c5=O)O[C@@H]4CO)O[C@@]3(C)[C@H]1C2. The number of rotatable bonds is 3. The third-order valence-corrected chi connectivity index (χ3v) is 8.78. The number of nitrogens with one attached hydrogen (secondary N) is 1. The van der Waals surface area contributed by atoms with Crippen LogP contribution in [-0.4, -0.2) is 46.2 Å². The Hall–Kier alpha value is -0.685. The van der Waals surface area contributed by atoms with Crippen molar-refractivity contribution in [3.63, 3.8) is 0 Å². The van der Waals surface area contributed by atoms with Crippen LogP contribution in [0.3, 0.4) is 0 Å². The van der Waals surface area contributed by atoms with Gasteiger partial charge in [-0.3, -0.25) is 14.3 Å². The predicted molar refractivity (Wildman–Crippen MR) is 114 cm³/mol. The lowest BCUT2D eigenvalue weighted by Gasteiger charge is -2.64. The third-order valence-electron chi connectivity index (χ3n) is 8.02. The maximum Gasteiger partial charge on any atom is 0.463 e. The number of aromatic nitrogens is 2. The second-order valence-corrected chi connectivity index (χ2v) is 10.9. The standard InChI is InChI=1S/C19H26BIN2O6/c1-18(2)9-4-13(18)19(3)14(5-9)28-20(29-19)10-6-15(27-12(10)8-24)23-7-11(21)16(25)22-17(23)26/h7,9-10,12-15,24H,4-6,8H2,1-3H3,(H,22,25,26)/t9-,10-,12+,13-,14+,15-,19-/m0/s1. The molecule has 29 heavy (non-hydrogen) atoms. The maximum absolute atomic E-state index is 12.3. The van der Waals surface area contributed by atoms with Crippen LogP contribution in [-0.2, 0) is 14.0 Å². The Bertz CT molecular complexity index is 949. The normalized spacial score (nSPS) is 42.6. The van der Waals surface area contributed by atoms with E-state index in [0.29, 0.717) is 21.8 Å². The molecule has 2 N–H and O–H groups in total. The van der Waals surface area contributed by atoms with Crippen molar-refractivity contribution >= 4 is 29.7 Å². The van der Waals surface area contributed by atoms with Crippen LogP contribution in [0.5, 0.6) is 0 Å². The fourth-order valence-corrected chi connectivity index (χ4v) is 6.58. The highest BCUT2D eigenvalue weighted by Crippen LogP contribution is 2.66. The lowest BCUT2D eigenvalue weighted by atomic mass is 9.43. The molecule has 0 spiro atoms. The number of halogens is 1. The van der Waals surface area contributed by atoms with E-state index in [-0.39, 0.29) is 29.5 Å². The highest BCUT2D eigenvalue weighted by atomic mass is 127. The fraction of sp³-hybridized carbons (Fsp3) is 0.789. The summed E-state index contributed by atoms with van der Waals surface area (Å²) in [6, 6.07) is 0. The van der Waals surface area contributed by atoms with E-state index in [2.05, 4.69) is 25.8 Å². The van der Waals surface area contributed by atoms with Crippen molar-refractivity contribution in [2.75, 3.05) is 6.61 Å². The van der Waals surface area contributed by atoms with Gasteiger partial charge in [0.2, 0.25) is 0 Å². The van der Waals surface area contributed by atoms with Crippen LogP contribution < -0.4 is 11.2 Å². The van der Waals surface area contributed by atoms with Crippen molar-refractivity contribution in [1.29, 1.82) is 0 Å². The first kappa shape index (κ1) is 20.2. The van der Waals surface area contributed by atoms with Crippen LogP contribution in [0, 0.1) is 20.8 Å². The van der Waals surface area contributed by atoms with E-state index in [9.17, 15) is 14.7 Å². The number of nitrogens with zero attached hydrogens (tertiary/aromatic N) is 1. The van der Waals surface area contributed by atoms with Crippen LogP contribution in [0.25, 0.3) is 0 Å². The molecule has 0 amide bonds. The number of hydrogen-bond donors (Lipinski definition) is 2. The molecule has 10 heteroatoms. The van der Waals surface area contributed by atoms with Crippen molar-refractivity contribution in [3.05, 3.63) is 30.6 Å². The molecular weight excluding hydrogens is 490 g/mol. The summed E-state index contributed by atoms with van der Waals surface area (Å²) in [7, 11) is -0.472. The molecule has 1 aromatic heterocycles. The molecule has 1 aromatic rings. The quantitative estimate of drug-likeness (QED) is 0.467. The number of aliphatic hydroxyl groups is 1. The van der Waals surface area contributed by atoms with Gasteiger partial charge >= 0.3 is 12.8 Å². The second-order valence-electron chi connectivity index (χ2n) is 9.69. The smallest absolute Gasteiger partial charge is 0.405 e. The minimum atomic E-state index is -0.581. The molecule has 3 aliphatic carbocycles. The Morgan fingerprint density at radius 2 is 2.07 bits per heavy atom. The third kappa shape index (κ3) is 2.85. The molecule has 0 unspecified atom stereocenters. The predicted octanol–water partition coefficient (Wildman–Crippen LogP) is 1.52. The summed E-state index contributed by atoms with van der Waals surface area (Å²) in [5, 5.41) is 9.91. The van der Waals surface area contributed by atoms with Gasteiger partial charge < -0.3 is 19.2 Å². The van der Waals surface area contributed by atoms with Gasteiger partial charge in [0.1, 0.15) is 6.23 Å². The summed E-state index contributed by atoms with van der Waals surface area (Å²) in [5.74, 6) is 0.929. The average molecular weight is 516 g/mol. The van der Waals surface area contributed by atoms with Crippen molar-refractivity contribution in [3.8, 4) is 0 Å². The average Bonchev–Trinajstić information content (AvgIpc) is 3.24. The van der Waals surface area contributed by atoms with E-state index in [1.807, 2.05) is 22.6 Å². The molecule has 2 aliphatic heterocycles. The van der Waals surface area contributed by atoms with Gasteiger partial charge in [-0.25, -0.2) is 4.79 Å². The highest BCUT2D eigenvalue weighted by Gasteiger charge is 2.69. The van der Waals surface area contributed by atoms with Gasteiger partial charge in [0.25, 0.3) is 5.56 Å². The van der Waals surface area contributed by atoms with Crippen LogP contribution in [0.1, 0.15) is 46.3 Å². The lowest BCUT2D eigenvalue weighted by molar-refractivity contribution is -0.199. The molecule has 0 radical (unpaired) electrons. The topological polar surface area (TPSA) is 103 Å². The lowest BCUT2D eigenvalue weighted by Crippen LogP contribution is -2.65. The van der Waals surface area contributed by atoms with Gasteiger partial charge in [0, 0.05) is 12.0 Å². The number of hydrogen-bond acceptors (Lipinski definition) is 6. The summed E-state index contributed by atoms with van der Waals surface area (Å²) < 4.78 is 20.7. The van der Waals surface area contributed by atoms with Gasteiger partial charge in [0.05, 0.1) is 28.0 Å². The van der Waals surface area contributed by atoms with E-state index in [1.165, 1.54) is 17.2 Å². The Morgan fingerprint density at radius 3 is 2.76 bits per heavy atom. The van der Waals surface area contributed by atoms with Crippen LogP contribution in [0.4, 0.5) is 0 Å². The summed E-state index contributed by atoms with van der Waals surface area (Å²) in [6.45, 7) is 6.62. The number of aromatic amines is 1. The van der Waals surface area contributed by atoms with E-state index in [4.69, 9.17) is 14.0 Å². The van der Waals surface area contributed by atoms with E-state index in [0.717, 1.165) is 6.42 Å². The monoisotopic (exact) mass is 516 g/mol. The first-order valence-electron chi connectivity index (χ1n) is 10.3. The van der Waals surface area contributed by atoms with Gasteiger partial charge in [-0.05, 0) is 66.0 Å². The van der Waals surface area contributed by atoms with Crippen LogP contribution in [0.15, 0.2) is 15.8 Å².